The average molecular weight is 285 g/mol. The number of carbonyl (C=O) groups is 2. The van der Waals surface area contributed by atoms with E-state index in [1.165, 1.54) is 7.11 Å². The standard InChI is InChI=1S/C12H19N3O3S/c1-4-6-15(5-2)11-7(10(14)16)8(13)9(19-11)12(17)18-3/h4-6,13H2,1-3H3,(H2,14,16). The van der Waals surface area contributed by atoms with Gasteiger partial charge in [-0.15, -0.1) is 11.3 Å². The molecule has 106 valence electrons. The van der Waals surface area contributed by atoms with E-state index in [1.54, 1.807) is 0 Å². The molecule has 1 heterocycles. The van der Waals surface area contributed by atoms with E-state index in [2.05, 4.69) is 4.74 Å². The molecular formula is C12H19N3O3S. The lowest BCUT2D eigenvalue weighted by Crippen LogP contribution is -2.25. The van der Waals surface area contributed by atoms with Crippen molar-refractivity contribution in [2.75, 3.05) is 30.8 Å². The Balaban J connectivity index is 3.37. The number of hydrogen-bond acceptors (Lipinski definition) is 6. The number of amides is 1. The lowest BCUT2D eigenvalue weighted by Gasteiger charge is -2.21. The number of methoxy groups -OCH3 is 1. The third-order valence-electron chi connectivity index (χ3n) is 2.71. The summed E-state index contributed by atoms with van der Waals surface area (Å²) < 4.78 is 4.66. The minimum atomic E-state index is -0.631. The van der Waals surface area contributed by atoms with Crippen molar-refractivity contribution in [1.29, 1.82) is 0 Å². The third kappa shape index (κ3) is 2.98. The van der Waals surface area contributed by atoms with Crippen LogP contribution >= 0.6 is 11.3 Å². The van der Waals surface area contributed by atoms with Crippen molar-refractivity contribution in [3.63, 3.8) is 0 Å². The summed E-state index contributed by atoms with van der Waals surface area (Å²) in [6.45, 7) is 5.46. The number of carbonyl (C=O) groups excluding carboxylic acids is 2. The van der Waals surface area contributed by atoms with Crippen LogP contribution in [0.5, 0.6) is 0 Å². The zero-order chi connectivity index (χ0) is 14.6. The normalized spacial score (nSPS) is 10.3. The zero-order valence-corrected chi connectivity index (χ0v) is 12.2. The number of primary amides is 1. The molecule has 0 aromatic carbocycles. The van der Waals surface area contributed by atoms with Gasteiger partial charge in [0, 0.05) is 13.1 Å². The average Bonchev–Trinajstić information content (AvgIpc) is 2.72. The molecule has 0 saturated heterocycles. The van der Waals surface area contributed by atoms with Crippen LogP contribution in [0.4, 0.5) is 10.7 Å². The Bertz CT molecular complexity index is 485. The predicted octanol–water partition coefficient (Wildman–Crippen LogP) is 1.45. The van der Waals surface area contributed by atoms with Crippen molar-refractivity contribution >= 4 is 33.9 Å². The largest absolute Gasteiger partial charge is 0.465 e. The first kappa shape index (κ1) is 15.3. The molecule has 0 unspecified atom stereocenters. The maximum Gasteiger partial charge on any atom is 0.350 e. The van der Waals surface area contributed by atoms with Crippen molar-refractivity contribution in [1.82, 2.24) is 0 Å². The SMILES string of the molecule is CCCN(CC)c1sc(C(=O)OC)c(N)c1C(N)=O. The second kappa shape index (κ2) is 6.42. The summed E-state index contributed by atoms with van der Waals surface area (Å²) >= 11 is 1.15. The van der Waals surface area contributed by atoms with E-state index >= 15 is 0 Å². The fraction of sp³-hybridized carbons (Fsp3) is 0.500. The van der Waals surface area contributed by atoms with Crippen molar-refractivity contribution in [2.45, 2.75) is 20.3 Å². The van der Waals surface area contributed by atoms with E-state index < -0.39 is 11.9 Å². The summed E-state index contributed by atoms with van der Waals surface area (Å²) in [6.07, 6.45) is 0.914. The van der Waals surface area contributed by atoms with Crippen LogP contribution in [0.15, 0.2) is 0 Å². The lowest BCUT2D eigenvalue weighted by atomic mass is 10.2. The Labute approximate surface area is 116 Å². The van der Waals surface area contributed by atoms with E-state index in [-0.39, 0.29) is 16.1 Å². The molecule has 4 N–H and O–H groups in total. The molecule has 1 amide bonds. The molecular weight excluding hydrogens is 266 g/mol. The van der Waals surface area contributed by atoms with Crippen molar-refractivity contribution in [3.8, 4) is 0 Å². The number of nitrogens with zero attached hydrogens (tertiary/aromatic N) is 1. The summed E-state index contributed by atoms with van der Waals surface area (Å²) in [6, 6.07) is 0. The van der Waals surface area contributed by atoms with Gasteiger partial charge in [0.15, 0.2) is 0 Å². The Morgan fingerprint density at radius 2 is 2.00 bits per heavy atom. The van der Waals surface area contributed by atoms with Crippen LogP contribution in [0.3, 0.4) is 0 Å². The summed E-state index contributed by atoms with van der Waals surface area (Å²) in [5.74, 6) is -1.18. The number of hydrogen-bond donors (Lipinski definition) is 2. The number of anilines is 2. The molecule has 0 aliphatic carbocycles. The van der Waals surface area contributed by atoms with Gasteiger partial charge in [0.05, 0.1) is 18.4 Å². The summed E-state index contributed by atoms with van der Waals surface area (Å²) in [4.78, 5) is 25.4. The van der Waals surface area contributed by atoms with Crippen LogP contribution in [0.2, 0.25) is 0 Å². The lowest BCUT2D eigenvalue weighted by molar-refractivity contribution is 0.0607. The van der Waals surface area contributed by atoms with E-state index in [4.69, 9.17) is 11.5 Å². The summed E-state index contributed by atoms with van der Waals surface area (Å²) in [7, 11) is 1.27. The number of nitrogen functional groups attached to an aromatic ring is 1. The summed E-state index contributed by atoms with van der Waals surface area (Å²) in [5.41, 5.74) is 11.5. The smallest absolute Gasteiger partial charge is 0.350 e. The zero-order valence-electron chi connectivity index (χ0n) is 11.4. The quantitative estimate of drug-likeness (QED) is 0.771. The van der Waals surface area contributed by atoms with Gasteiger partial charge in [0.1, 0.15) is 9.88 Å². The third-order valence-corrected chi connectivity index (χ3v) is 3.95. The van der Waals surface area contributed by atoms with Crippen LogP contribution in [0, 0.1) is 0 Å². The second-order valence-corrected chi connectivity index (χ2v) is 4.96. The van der Waals surface area contributed by atoms with Gasteiger partial charge >= 0.3 is 5.97 Å². The minimum Gasteiger partial charge on any atom is -0.465 e. The molecule has 0 saturated carbocycles. The summed E-state index contributed by atoms with van der Waals surface area (Å²) in [5, 5.41) is 0.634. The van der Waals surface area contributed by atoms with Crippen molar-refractivity contribution in [2.24, 2.45) is 5.73 Å². The Morgan fingerprint density at radius 3 is 2.42 bits per heavy atom. The van der Waals surface area contributed by atoms with E-state index in [0.29, 0.717) is 11.5 Å². The van der Waals surface area contributed by atoms with E-state index in [9.17, 15) is 9.59 Å². The number of rotatable bonds is 6. The molecule has 0 aliphatic rings. The number of ether oxygens (including phenoxy) is 1. The van der Waals surface area contributed by atoms with Crippen LogP contribution in [0.25, 0.3) is 0 Å². The van der Waals surface area contributed by atoms with Gasteiger partial charge in [0.25, 0.3) is 5.91 Å². The molecule has 0 aliphatic heterocycles. The monoisotopic (exact) mass is 285 g/mol. The molecule has 0 radical (unpaired) electrons. The molecule has 0 fully saturated rings. The van der Waals surface area contributed by atoms with Gasteiger partial charge in [-0.3, -0.25) is 4.79 Å². The topological polar surface area (TPSA) is 98.7 Å². The van der Waals surface area contributed by atoms with Gasteiger partial charge in [-0.05, 0) is 13.3 Å². The van der Waals surface area contributed by atoms with Crippen molar-refractivity contribution in [3.05, 3.63) is 10.4 Å². The highest BCUT2D eigenvalue weighted by Crippen LogP contribution is 2.38. The van der Waals surface area contributed by atoms with Gasteiger partial charge in [-0.2, -0.15) is 0 Å². The van der Waals surface area contributed by atoms with Gasteiger partial charge in [-0.1, -0.05) is 6.92 Å². The number of thiophene rings is 1. The van der Waals surface area contributed by atoms with Crippen LogP contribution in [-0.2, 0) is 4.74 Å². The molecule has 0 spiro atoms. The van der Waals surface area contributed by atoms with Gasteiger partial charge < -0.3 is 21.1 Å². The fourth-order valence-electron chi connectivity index (χ4n) is 1.81. The van der Waals surface area contributed by atoms with E-state index in [0.717, 1.165) is 24.3 Å². The van der Waals surface area contributed by atoms with E-state index in [1.807, 2.05) is 18.7 Å². The molecule has 1 aromatic heterocycles. The minimum absolute atomic E-state index is 0.105. The first-order valence-corrected chi connectivity index (χ1v) is 6.84. The Morgan fingerprint density at radius 1 is 1.37 bits per heavy atom. The van der Waals surface area contributed by atoms with Crippen LogP contribution in [0.1, 0.15) is 40.3 Å². The molecule has 1 rings (SSSR count). The van der Waals surface area contributed by atoms with Gasteiger partial charge in [0.2, 0.25) is 0 Å². The first-order valence-electron chi connectivity index (χ1n) is 6.03. The van der Waals surface area contributed by atoms with Gasteiger partial charge in [-0.25, -0.2) is 4.79 Å². The second-order valence-electron chi connectivity index (χ2n) is 3.96. The van der Waals surface area contributed by atoms with Crippen LogP contribution in [-0.4, -0.2) is 32.1 Å². The predicted molar refractivity (Wildman–Crippen MR) is 76.8 cm³/mol. The fourth-order valence-corrected chi connectivity index (χ4v) is 3.04. The maximum atomic E-state index is 11.6. The molecule has 1 aromatic rings. The van der Waals surface area contributed by atoms with Crippen LogP contribution < -0.4 is 16.4 Å². The molecule has 0 bridgehead atoms. The Kier molecular flexibility index (Phi) is 5.17. The van der Waals surface area contributed by atoms with Crippen molar-refractivity contribution < 1.29 is 14.3 Å². The highest BCUT2D eigenvalue weighted by atomic mass is 32.1. The first-order chi connectivity index (χ1) is 8.97. The highest BCUT2D eigenvalue weighted by molar-refractivity contribution is 7.19. The maximum absolute atomic E-state index is 11.6. The molecule has 19 heavy (non-hydrogen) atoms. The molecule has 7 heteroatoms. The Hall–Kier alpha value is -1.76. The number of esters is 1. The molecule has 6 nitrogen and oxygen atoms in total. The highest BCUT2D eigenvalue weighted by Gasteiger charge is 2.26. The number of nitrogens with two attached hydrogens (primary N) is 2. The molecule has 0 atom stereocenters.